The van der Waals surface area contributed by atoms with Crippen molar-refractivity contribution in [3.8, 4) is 5.75 Å². The fourth-order valence-electron chi connectivity index (χ4n) is 3.13. The Labute approximate surface area is 152 Å². The third-order valence-electron chi connectivity index (χ3n) is 4.63. The molecular formula is C19H23N4O3+. The Bertz CT molecular complexity index is 784. The number of nitro groups is 1. The van der Waals surface area contributed by atoms with E-state index in [1.54, 1.807) is 18.2 Å². The summed E-state index contributed by atoms with van der Waals surface area (Å²) < 4.78 is 6.06. The highest BCUT2D eigenvalue weighted by atomic mass is 16.6. The molecule has 7 nitrogen and oxygen atoms in total. The SMILES string of the molecule is Nc1ccc(OC2CCN(Cc3ccc([N+](=O)[O-])cc3)CC2)cc1C=[NH2+]. The van der Waals surface area contributed by atoms with Crippen molar-refractivity contribution in [3.63, 3.8) is 0 Å². The van der Waals surface area contributed by atoms with E-state index in [9.17, 15) is 10.1 Å². The number of ether oxygens (including phenoxy) is 1. The average Bonchev–Trinajstić information content (AvgIpc) is 2.65. The van der Waals surface area contributed by atoms with Gasteiger partial charge in [0.25, 0.3) is 5.69 Å². The lowest BCUT2D eigenvalue weighted by molar-refractivity contribution is -0.384. The van der Waals surface area contributed by atoms with Crippen LogP contribution in [0.3, 0.4) is 0 Å². The fourth-order valence-corrected chi connectivity index (χ4v) is 3.13. The number of rotatable bonds is 6. The summed E-state index contributed by atoms with van der Waals surface area (Å²) in [4.78, 5) is 12.7. The second-order valence-electron chi connectivity index (χ2n) is 6.47. The molecule has 4 N–H and O–H groups in total. The maximum absolute atomic E-state index is 10.7. The van der Waals surface area contributed by atoms with Crippen molar-refractivity contribution in [2.24, 2.45) is 0 Å². The molecule has 0 bridgehead atoms. The predicted molar refractivity (Wildman–Crippen MR) is 100.0 cm³/mol. The van der Waals surface area contributed by atoms with Crippen LogP contribution in [0.5, 0.6) is 5.75 Å². The van der Waals surface area contributed by atoms with Crippen LogP contribution in [0.25, 0.3) is 0 Å². The predicted octanol–water partition coefficient (Wildman–Crippen LogP) is 1.40. The Morgan fingerprint density at radius 3 is 2.54 bits per heavy atom. The van der Waals surface area contributed by atoms with E-state index in [-0.39, 0.29) is 16.7 Å². The number of nitrogen functional groups attached to an aromatic ring is 1. The van der Waals surface area contributed by atoms with Crippen LogP contribution in [0.15, 0.2) is 42.5 Å². The quantitative estimate of drug-likeness (QED) is 0.352. The van der Waals surface area contributed by atoms with Crippen molar-refractivity contribution >= 4 is 17.6 Å². The summed E-state index contributed by atoms with van der Waals surface area (Å²) in [5, 5.41) is 16.3. The minimum atomic E-state index is -0.377. The Hall–Kier alpha value is -2.93. The topological polar surface area (TPSA) is 107 Å². The van der Waals surface area contributed by atoms with E-state index in [1.807, 2.05) is 24.3 Å². The van der Waals surface area contributed by atoms with Gasteiger partial charge in [-0.1, -0.05) is 12.1 Å². The first-order valence-corrected chi connectivity index (χ1v) is 8.62. The number of nitrogens with two attached hydrogens (primary N) is 2. The summed E-state index contributed by atoms with van der Waals surface area (Å²) in [6, 6.07) is 12.3. The van der Waals surface area contributed by atoms with Gasteiger partial charge in [-0.05, 0) is 36.6 Å². The number of anilines is 1. The molecule has 0 atom stereocenters. The number of benzene rings is 2. The van der Waals surface area contributed by atoms with Crippen LogP contribution < -0.4 is 15.9 Å². The van der Waals surface area contributed by atoms with Crippen molar-refractivity contribution in [1.82, 2.24) is 4.90 Å². The molecule has 0 saturated carbocycles. The first kappa shape index (κ1) is 17.9. The normalized spacial score (nSPS) is 15.5. The summed E-state index contributed by atoms with van der Waals surface area (Å²) in [6.45, 7) is 2.64. The lowest BCUT2D eigenvalue weighted by Gasteiger charge is -2.32. The van der Waals surface area contributed by atoms with Gasteiger partial charge in [0.2, 0.25) is 0 Å². The summed E-state index contributed by atoms with van der Waals surface area (Å²) in [5.41, 5.74) is 8.46. The second-order valence-corrected chi connectivity index (χ2v) is 6.47. The third-order valence-corrected chi connectivity index (χ3v) is 4.63. The van der Waals surface area contributed by atoms with E-state index in [1.165, 1.54) is 6.21 Å². The molecule has 1 fully saturated rings. The monoisotopic (exact) mass is 355 g/mol. The highest BCUT2D eigenvalue weighted by molar-refractivity contribution is 5.83. The van der Waals surface area contributed by atoms with Gasteiger partial charge in [0.05, 0.1) is 10.5 Å². The zero-order valence-corrected chi connectivity index (χ0v) is 14.5. The highest BCUT2D eigenvalue weighted by Gasteiger charge is 2.21. The fraction of sp³-hybridized carbons (Fsp3) is 0.316. The van der Waals surface area contributed by atoms with Crippen LogP contribution in [0.4, 0.5) is 11.4 Å². The molecule has 0 radical (unpaired) electrons. The van der Waals surface area contributed by atoms with Crippen LogP contribution in [0, 0.1) is 10.1 Å². The van der Waals surface area contributed by atoms with Crippen molar-refractivity contribution < 1.29 is 15.1 Å². The molecule has 2 aromatic rings. The first-order valence-electron chi connectivity index (χ1n) is 8.62. The molecule has 0 aliphatic carbocycles. The standard InChI is InChI=1S/C19H22N4O3/c20-12-15-11-18(5-6-19(15)21)26-17-7-9-22(10-8-17)13-14-1-3-16(4-2-14)23(24)25/h1-6,11-12,17,20H,7-10,13,21H2/p+1. The van der Waals surface area contributed by atoms with Crippen molar-refractivity contribution in [3.05, 3.63) is 63.7 Å². The zero-order chi connectivity index (χ0) is 18.5. The summed E-state index contributed by atoms with van der Waals surface area (Å²) in [7, 11) is 0. The number of nitrogens with zero attached hydrogens (tertiary/aromatic N) is 2. The van der Waals surface area contributed by atoms with E-state index < -0.39 is 0 Å². The molecule has 1 saturated heterocycles. The Morgan fingerprint density at radius 2 is 1.92 bits per heavy atom. The lowest BCUT2D eigenvalue weighted by atomic mass is 10.1. The van der Waals surface area contributed by atoms with Crippen molar-refractivity contribution in [2.45, 2.75) is 25.5 Å². The van der Waals surface area contributed by atoms with E-state index in [0.717, 1.165) is 49.4 Å². The molecule has 0 unspecified atom stereocenters. The minimum Gasteiger partial charge on any atom is -0.490 e. The molecule has 3 rings (SSSR count). The van der Waals surface area contributed by atoms with Gasteiger partial charge >= 0.3 is 0 Å². The number of likely N-dealkylation sites (tertiary alicyclic amines) is 1. The summed E-state index contributed by atoms with van der Waals surface area (Å²) in [6.07, 6.45) is 3.50. The highest BCUT2D eigenvalue weighted by Crippen LogP contribution is 2.23. The van der Waals surface area contributed by atoms with E-state index >= 15 is 0 Å². The van der Waals surface area contributed by atoms with Gasteiger partial charge in [-0.3, -0.25) is 20.4 Å². The summed E-state index contributed by atoms with van der Waals surface area (Å²) in [5.74, 6) is 0.782. The van der Waals surface area contributed by atoms with Gasteiger partial charge in [-0.15, -0.1) is 0 Å². The number of piperidine rings is 1. The molecular weight excluding hydrogens is 332 g/mol. The van der Waals surface area contributed by atoms with E-state index in [2.05, 4.69) is 4.90 Å². The largest absolute Gasteiger partial charge is 0.490 e. The number of non-ortho nitro benzene ring substituents is 1. The first-order chi connectivity index (χ1) is 12.5. The molecule has 136 valence electrons. The smallest absolute Gasteiger partial charge is 0.269 e. The minimum absolute atomic E-state index is 0.124. The molecule has 1 aliphatic rings. The third kappa shape index (κ3) is 4.37. The van der Waals surface area contributed by atoms with E-state index in [4.69, 9.17) is 15.9 Å². The summed E-state index contributed by atoms with van der Waals surface area (Å²) >= 11 is 0. The van der Waals surface area contributed by atoms with Crippen LogP contribution in [-0.2, 0) is 6.54 Å². The number of hydrogen-bond acceptors (Lipinski definition) is 5. The molecule has 1 heterocycles. The van der Waals surface area contributed by atoms with E-state index in [0.29, 0.717) is 5.69 Å². The Kier molecular flexibility index (Phi) is 5.48. The number of hydrogen-bond donors (Lipinski definition) is 2. The van der Waals surface area contributed by atoms with Crippen LogP contribution in [0.2, 0.25) is 0 Å². The molecule has 7 heteroatoms. The molecule has 0 amide bonds. The van der Waals surface area contributed by atoms with Crippen LogP contribution >= 0.6 is 0 Å². The zero-order valence-electron chi connectivity index (χ0n) is 14.5. The maximum atomic E-state index is 10.7. The molecule has 1 aliphatic heterocycles. The van der Waals surface area contributed by atoms with Gasteiger partial charge in [-0.2, -0.15) is 0 Å². The maximum Gasteiger partial charge on any atom is 0.269 e. The van der Waals surface area contributed by atoms with Crippen molar-refractivity contribution in [1.29, 1.82) is 0 Å². The lowest BCUT2D eigenvalue weighted by Crippen LogP contribution is -2.37. The molecule has 0 spiro atoms. The molecule has 26 heavy (non-hydrogen) atoms. The van der Waals surface area contributed by atoms with Crippen LogP contribution in [0.1, 0.15) is 24.0 Å². The van der Waals surface area contributed by atoms with Crippen LogP contribution in [-0.4, -0.2) is 35.2 Å². The average molecular weight is 355 g/mol. The van der Waals surface area contributed by atoms with Gasteiger partial charge < -0.3 is 10.5 Å². The molecule has 2 aromatic carbocycles. The molecule has 0 aromatic heterocycles. The van der Waals surface area contributed by atoms with Gasteiger partial charge in [0.1, 0.15) is 11.9 Å². The van der Waals surface area contributed by atoms with Gasteiger partial charge in [0.15, 0.2) is 6.21 Å². The van der Waals surface area contributed by atoms with Gasteiger partial charge in [-0.25, -0.2) is 0 Å². The van der Waals surface area contributed by atoms with Gasteiger partial charge in [0, 0.05) is 37.5 Å². The van der Waals surface area contributed by atoms with Crippen molar-refractivity contribution in [2.75, 3.05) is 18.8 Å². The Morgan fingerprint density at radius 1 is 1.23 bits per heavy atom. The number of nitro benzene ring substituents is 1. The second kappa shape index (κ2) is 7.97. The Balaban J connectivity index is 1.51.